The highest BCUT2D eigenvalue weighted by Gasteiger charge is 2.30. The van der Waals surface area contributed by atoms with E-state index < -0.39 is 0 Å². The van der Waals surface area contributed by atoms with Gasteiger partial charge in [-0.2, -0.15) is 0 Å². The van der Waals surface area contributed by atoms with E-state index in [-0.39, 0.29) is 23.8 Å². The predicted octanol–water partition coefficient (Wildman–Crippen LogP) is 3.33. The van der Waals surface area contributed by atoms with E-state index in [1.165, 1.54) is 11.6 Å². The molecule has 0 saturated carbocycles. The molecule has 2 fully saturated rings. The average molecular weight is 410 g/mol. The number of hydrogen-bond donors (Lipinski definition) is 1. The molecule has 30 heavy (non-hydrogen) atoms. The van der Waals surface area contributed by atoms with Gasteiger partial charge in [0.25, 0.3) is 5.91 Å². The lowest BCUT2D eigenvalue weighted by Crippen LogP contribution is -2.48. The van der Waals surface area contributed by atoms with Crippen LogP contribution in [0.2, 0.25) is 0 Å². The summed E-state index contributed by atoms with van der Waals surface area (Å²) in [7, 11) is 0. The number of carbonyl (C=O) groups excluding carboxylic acids is 2. The number of aryl methyl sites for hydroxylation is 1. The fourth-order valence-electron chi connectivity index (χ4n) is 4.50. The molecule has 3 heterocycles. The Balaban J connectivity index is 1.27. The lowest BCUT2D eigenvalue weighted by molar-refractivity contribution is 0.0788. The molecule has 1 unspecified atom stereocenters. The molecule has 2 aliphatic heterocycles. The van der Waals surface area contributed by atoms with Gasteiger partial charge in [-0.15, -0.1) is 0 Å². The largest absolute Gasteiger partial charge is 0.337 e. The van der Waals surface area contributed by atoms with Gasteiger partial charge in [0, 0.05) is 50.2 Å². The van der Waals surface area contributed by atoms with Crippen molar-refractivity contribution < 1.29 is 14.0 Å². The van der Waals surface area contributed by atoms with Crippen molar-refractivity contribution in [1.29, 1.82) is 0 Å². The monoisotopic (exact) mass is 410 g/mol. The van der Waals surface area contributed by atoms with Gasteiger partial charge in [0.15, 0.2) is 0 Å². The molecule has 2 aromatic rings. The first-order valence-electron chi connectivity index (χ1n) is 10.5. The SMILES string of the molecule is Cc1cc(F)ccc1C1CCN(C(=O)NC2CCN(C(=O)c3ccncc3)C2)CC1. The van der Waals surface area contributed by atoms with Crippen molar-refractivity contribution in [2.24, 2.45) is 0 Å². The zero-order valence-electron chi connectivity index (χ0n) is 17.2. The summed E-state index contributed by atoms with van der Waals surface area (Å²) in [6.07, 6.45) is 5.72. The fraction of sp³-hybridized carbons (Fsp3) is 0.435. The van der Waals surface area contributed by atoms with Crippen LogP contribution in [-0.2, 0) is 0 Å². The predicted molar refractivity (Wildman–Crippen MR) is 112 cm³/mol. The van der Waals surface area contributed by atoms with Crippen molar-refractivity contribution in [2.75, 3.05) is 26.2 Å². The van der Waals surface area contributed by atoms with Gasteiger partial charge in [0.1, 0.15) is 5.82 Å². The molecule has 4 rings (SSSR count). The molecule has 1 atom stereocenters. The highest BCUT2D eigenvalue weighted by Crippen LogP contribution is 2.30. The van der Waals surface area contributed by atoms with Crippen LogP contribution in [0.1, 0.15) is 46.7 Å². The molecule has 2 aliphatic rings. The summed E-state index contributed by atoms with van der Waals surface area (Å²) >= 11 is 0. The van der Waals surface area contributed by atoms with E-state index in [9.17, 15) is 14.0 Å². The van der Waals surface area contributed by atoms with Crippen LogP contribution in [0.5, 0.6) is 0 Å². The Morgan fingerprint density at radius 1 is 1.03 bits per heavy atom. The molecule has 3 amide bonds. The van der Waals surface area contributed by atoms with E-state index in [2.05, 4.69) is 10.3 Å². The molecule has 1 aromatic carbocycles. The number of nitrogens with one attached hydrogen (secondary N) is 1. The van der Waals surface area contributed by atoms with Crippen molar-refractivity contribution in [3.05, 3.63) is 65.2 Å². The summed E-state index contributed by atoms with van der Waals surface area (Å²) in [5.41, 5.74) is 2.77. The van der Waals surface area contributed by atoms with Crippen LogP contribution < -0.4 is 5.32 Å². The third kappa shape index (κ3) is 4.45. The van der Waals surface area contributed by atoms with E-state index in [0.717, 1.165) is 24.8 Å². The molecule has 0 spiro atoms. The van der Waals surface area contributed by atoms with Crippen molar-refractivity contribution in [3.8, 4) is 0 Å². The molecule has 1 aromatic heterocycles. The highest BCUT2D eigenvalue weighted by molar-refractivity contribution is 5.94. The number of pyridine rings is 1. The molecular weight excluding hydrogens is 383 g/mol. The first-order chi connectivity index (χ1) is 14.5. The average Bonchev–Trinajstić information content (AvgIpc) is 3.22. The normalized spacial score (nSPS) is 19.7. The minimum absolute atomic E-state index is 0.0235. The summed E-state index contributed by atoms with van der Waals surface area (Å²) in [6.45, 7) is 4.46. The lowest BCUT2D eigenvalue weighted by Gasteiger charge is -2.33. The van der Waals surface area contributed by atoms with E-state index in [0.29, 0.717) is 37.7 Å². The van der Waals surface area contributed by atoms with Crippen LogP contribution in [0.25, 0.3) is 0 Å². The molecule has 2 saturated heterocycles. The summed E-state index contributed by atoms with van der Waals surface area (Å²) < 4.78 is 13.4. The number of carbonyl (C=O) groups is 2. The van der Waals surface area contributed by atoms with Gasteiger partial charge < -0.3 is 15.1 Å². The maximum Gasteiger partial charge on any atom is 0.317 e. The van der Waals surface area contributed by atoms with Crippen molar-refractivity contribution in [3.63, 3.8) is 0 Å². The first-order valence-corrected chi connectivity index (χ1v) is 10.5. The first kappa shape index (κ1) is 20.3. The molecule has 0 radical (unpaired) electrons. The quantitative estimate of drug-likeness (QED) is 0.844. The van der Waals surface area contributed by atoms with Crippen molar-refractivity contribution in [2.45, 2.75) is 38.1 Å². The number of likely N-dealkylation sites (tertiary alicyclic amines) is 2. The van der Waals surface area contributed by atoms with Crippen LogP contribution in [0, 0.1) is 12.7 Å². The number of nitrogens with zero attached hydrogens (tertiary/aromatic N) is 3. The number of halogens is 1. The van der Waals surface area contributed by atoms with Crippen LogP contribution in [0.3, 0.4) is 0 Å². The van der Waals surface area contributed by atoms with Crippen LogP contribution >= 0.6 is 0 Å². The minimum Gasteiger partial charge on any atom is -0.337 e. The number of piperidine rings is 1. The Hall–Kier alpha value is -2.96. The van der Waals surface area contributed by atoms with Gasteiger partial charge in [-0.1, -0.05) is 6.07 Å². The third-order valence-corrected chi connectivity index (χ3v) is 6.18. The standard InChI is InChI=1S/C23H27FN4O2/c1-16-14-19(24)2-3-21(16)17-6-11-27(12-7-17)23(30)26-20-8-13-28(15-20)22(29)18-4-9-25-10-5-18/h2-5,9-10,14,17,20H,6-8,11-13,15H2,1H3,(H,26,30). The second kappa shape index (κ2) is 8.81. The zero-order valence-corrected chi connectivity index (χ0v) is 17.2. The number of rotatable bonds is 3. The molecule has 0 aliphatic carbocycles. The number of urea groups is 1. The molecule has 7 heteroatoms. The van der Waals surface area contributed by atoms with Gasteiger partial charge in [-0.05, 0) is 67.5 Å². The van der Waals surface area contributed by atoms with Gasteiger partial charge in [0.05, 0.1) is 0 Å². The van der Waals surface area contributed by atoms with E-state index in [1.807, 2.05) is 17.9 Å². The van der Waals surface area contributed by atoms with Gasteiger partial charge >= 0.3 is 6.03 Å². The van der Waals surface area contributed by atoms with Gasteiger partial charge in [0.2, 0.25) is 0 Å². The third-order valence-electron chi connectivity index (χ3n) is 6.18. The van der Waals surface area contributed by atoms with E-state index >= 15 is 0 Å². The number of hydrogen-bond acceptors (Lipinski definition) is 3. The number of benzene rings is 1. The topological polar surface area (TPSA) is 65.5 Å². The smallest absolute Gasteiger partial charge is 0.317 e. The summed E-state index contributed by atoms with van der Waals surface area (Å²) in [5, 5.41) is 3.09. The maximum absolute atomic E-state index is 13.4. The summed E-state index contributed by atoms with van der Waals surface area (Å²) in [5.74, 6) is 0.125. The van der Waals surface area contributed by atoms with Crippen LogP contribution in [-0.4, -0.2) is 58.9 Å². The second-order valence-corrected chi connectivity index (χ2v) is 8.18. The maximum atomic E-state index is 13.4. The van der Waals surface area contributed by atoms with Crippen molar-refractivity contribution >= 4 is 11.9 Å². The Kier molecular flexibility index (Phi) is 5.97. The van der Waals surface area contributed by atoms with Gasteiger partial charge in [-0.3, -0.25) is 9.78 Å². The van der Waals surface area contributed by atoms with Crippen LogP contribution in [0.15, 0.2) is 42.7 Å². The zero-order chi connectivity index (χ0) is 21.1. The summed E-state index contributed by atoms with van der Waals surface area (Å²) in [6, 6.07) is 8.29. The highest BCUT2D eigenvalue weighted by atomic mass is 19.1. The number of amides is 3. The Morgan fingerprint density at radius 2 is 1.73 bits per heavy atom. The van der Waals surface area contributed by atoms with Crippen molar-refractivity contribution in [1.82, 2.24) is 20.1 Å². The second-order valence-electron chi connectivity index (χ2n) is 8.18. The molecule has 158 valence electrons. The Labute approximate surface area is 176 Å². The Morgan fingerprint density at radius 3 is 2.43 bits per heavy atom. The molecule has 0 bridgehead atoms. The van der Waals surface area contributed by atoms with E-state index in [1.54, 1.807) is 35.5 Å². The Bertz CT molecular complexity index is 913. The fourth-order valence-corrected chi connectivity index (χ4v) is 4.50. The molecule has 1 N–H and O–H groups in total. The van der Waals surface area contributed by atoms with Gasteiger partial charge in [-0.25, -0.2) is 9.18 Å². The van der Waals surface area contributed by atoms with Crippen LogP contribution in [0.4, 0.5) is 9.18 Å². The number of aromatic nitrogens is 1. The molecule has 6 nitrogen and oxygen atoms in total. The molecular formula is C23H27FN4O2. The minimum atomic E-state index is -0.207. The summed E-state index contributed by atoms with van der Waals surface area (Å²) in [4.78, 5) is 32.8. The van der Waals surface area contributed by atoms with E-state index in [4.69, 9.17) is 0 Å². The lowest BCUT2D eigenvalue weighted by atomic mass is 9.87.